The van der Waals surface area contributed by atoms with E-state index in [1.807, 2.05) is 11.9 Å². The molecule has 0 spiro atoms. The first-order valence-electron chi connectivity index (χ1n) is 2.29. The van der Waals surface area contributed by atoms with E-state index >= 15 is 0 Å². The van der Waals surface area contributed by atoms with Crippen LogP contribution in [-0.2, 0) is 0 Å². The second kappa shape index (κ2) is 2.97. The van der Waals surface area contributed by atoms with Gasteiger partial charge in [0.2, 0.25) is 0 Å². The Balaban J connectivity index is 3.33. The third-order valence-electron chi connectivity index (χ3n) is 0.919. The van der Waals surface area contributed by atoms with Crippen molar-refractivity contribution in [1.29, 1.82) is 0 Å². The quantitative estimate of drug-likeness (QED) is 0.393. The Morgan fingerprint density at radius 3 is 2.00 bits per heavy atom. The molecule has 0 aliphatic carbocycles. The van der Waals surface area contributed by atoms with Crippen LogP contribution in [0.1, 0.15) is 13.8 Å². The molecule has 41 valence electrons. The fourth-order valence-electron chi connectivity index (χ4n) is 0.105. The molecule has 0 aromatic rings. The largest absolute Gasteiger partial charge is 0.361 e. The van der Waals surface area contributed by atoms with E-state index in [1.165, 1.54) is 0 Å². The lowest BCUT2D eigenvalue weighted by Gasteiger charge is -2.14. The van der Waals surface area contributed by atoms with E-state index in [0.29, 0.717) is 6.04 Å². The first-order valence-corrected chi connectivity index (χ1v) is 2.70. The molecular formula is C5H10NS. The summed E-state index contributed by atoms with van der Waals surface area (Å²) in [5.41, 5.74) is 2.58. The first kappa shape index (κ1) is 6.89. The van der Waals surface area contributed by atoms with Crippen LogP contribution in [0.15, 0.2) is 0 Å². The van der Waals surface area contributed by atoms with Crippen molar-refractivity contribution in [3.63, 3.8) is 0 Å². The lowest BCUT2D eigenvalue weighted by Crippen LogP contribution is -2.23. The molecule has 0 rings (SSSR count). The highest BCUT2D eigenvalue weighted by Gasteiger charge is 1.93. The Morgan fingerprint density at radius 2 is 2.00 bits per heavy atom. The maximum atomic E-state index is 4.53. The minimum atomic E-state index is 0.484. The molecule has 0 saturated carbocycles. The number of hydrogen-bond acceptors (Lipinski definition) is 1. The van der Waals surface area contributed by atoms with E-state index in [-0.39, 0.29) is 0 Å². The maximum Gasteiger partial charge on any atom is 0.136 e. The summed E-state index contributed by atoms with van der Waals surface area (Å²) >= 11 is 4.53. The number of nitrogens with zero attached hydrogens (tertiary/aromatic N) is 1. The second-order valence-corrected chi connectivity index (χ2v) is 1.98. The van der Waals surface area contributed by atoms with Crippen molar-refractivity contribution in [3.8, 4) is 0 Å². The van der Waals surface area contributed by atoms with Crippen LogP contribution in [0.5, 0.6) is 0 Å². The third-order valence-corrected chi connectivity index (χ3v) is 1.21. The highest BCUT2D eigenvalue weighted by atomic mass is 32.1. The average molecular weight is 116 g/mol. The van der Waals surface area contributed by atoms with Gasteiger partial charge in [0.1, 0.15) is 5.49 Å². The van der Waals surface area contributed by atoms with Gasteiger partial charge in [-0.2, -0.15) is 0 Å². The predicted octanol–water partition coefficient (Wildman–Crippen LogP) is 1.16. The van der Waals surface area contributed by atoms with E-state index in [2.05, 4.69) is 31.6 Å². The summed E-state index contributed by atoms with van der Waals surface area (Å²) in [6.45, 7) is 4.14. The third kappa shape index (κ3) is 2.57. The molecule has 0 unspecified atom stereocenters. The van der Waals surface area contributed by atoms with E-state index in [0.717, 1.165) is 0 Å². The van der Waals surface area contributed by atoms with Crippen molar-refractivity contribution in [3.05, 3.63) is 0 Å². The monoisotopic (exact) mass is 116 g/mol. The van der Waals surface area contributed by atoms with Gasteiger partial charge in [0.15, 0.2) is 0 Å². The molecule has 1 nitrogen and oxygen atoms in total. The normalized spacial score (nSPS) is 9.14. The summed E-state index contributed by atoms with van der Waals surface area (Å²) in [5, 5.41) is 0. The predicted molar refractivity (Wildman–Crippen MR) is 35.5 cm³/mol. The number of thiocarbonyl (C=S) groups is 1. The van der Waals surface area contributed by atoms with E-state index in [9.17, 15) is 0 Å². The Morgan fingerprint density at radius 1 is 1.57 bits per heavy atom. The molecule has 0 aromatic heterocycles. The zero-order chi connectivity index (χ0) is 5.86. The summed E-state index contributed by atoms with van der Waals surface area (Å²) in [4.78, 5) is 1.86. The maximum absolute atomic E-state index is 4.53. The molecule has 0 bridgehead atoms. The van der Waals surface area contributed by atoms with Gasteiger partial charge < -0.3 is 4.90 Å². The zero-order valence-corrected chi connectivity index (χ0v) is 5.75. The molecule has 0 aliphatic rings. The SMILES string of the molecule is CC(C)N(C)[C]=S. The van der Waals surface area contributed by atoms with E-state index < -0.39 is 0 Å². The van der Waals surface area contributed by atoms with Crippen LogP contribution in [0, 0.1) is 0 Å². The van der Waals surface area contributed by atoms with Crippen LogP contribution in [0.2, 0.25) is 0 Å². The lowest BCUT2D eigenvalue weighted by molar-refractivity contribution is 0.435. The molecule has 0 amide bonds. The van der Waals surface area contributed by atoms with Gasteiger partial charge in [0, 0.05) is 13.1 Å². The molecule has 1 radical (unpaired) electrons. The van der Waals surface area contributed by atoms with E-state index in [4.69, 9.17) is 0 Å². The first-order chi connectivity index (χ1) is 3.18. The zero-order valence-electron chi connectivity index (χ0n) is 4.93. The molecule has 7 heavy (non-hydrogen) atoms. The van der Waals surface area contributed by atoms with Gasteiger partial charge in [0.05, 0.1) is 0 Å². The topological polar surface area (TPSA) is 3.24 Å². The van der Waals surface area contributed by atoms with Crippen molar-refractivity contribution in [2.45, 2.75) is 19.9 Å². The van der Waals surface area contributed by atoms with Gasteiger partial charge in [-0.15, -0.1) is 0 Å². The fraction of sp³-hybridized carbons (Fsp3) is 0.800. The van der Waals surface area contributed by atoms with E-state index in [1.54, 1.807) is 0 Å². The van der Waals surface area contributed by atoms with Crippen molar-refractivity contribution in [1.82, 2.24) is 4.90 Å². The average Bonchev–Trinajstić information content (AvgIpc) is 1.65. The molecule has 0 saturated heterocycles. The summed E-state index contributed by atoms with van der Waals surface area (Å²) in [6, 6.07) is 0.484. The number of hydrogen-bond donors (Lipinski definition) is 0. The highest BCUT2D eigenvalue weighted by Crippen LogP contribution is 1.86. The Bertz CT molecular complexity index is 61.1. The molecule has 2 heteroatoms. The van der Waals surface area contributed by atoms with Gasteiger partial charge >= 0.3 is 0 Å². The fourth-order valence-corrected chi connectivity index (χ4v) is 0.316. The number of rotatable bonds is 2. The Labute approximate surface area is 50.3 Å². The molecule has 0 heterocycles. The highest BCUT2D eigenvalue weighted by molar-refractivity contribution is 7.78. The van der Waals surface area contributed by atoms with Crippen LogP contribution < -0.4 is 0 Å². The van der Waals surface area contributed by atoms with Crippen molar-refractivity contribution < 1.29 is 0 Å². The minimum Gasteiger partial charge on any atom is -0.361 e. The van der Waals surface area contributed by atoms with Gasteiger partial charge in [-0.1, -0.05) is 12.2 Å². The van der Waals surface area contributed by atoms with Crippen molar-refractivity contribution in [2.75, 3.05) is 7.05 Å². The van der Waals surface area contributed by atoms with Gasteiger partial charge in [-0.3, -0.25) is 0 Å². The summed E-state index contributed by atoms with van der Waals surface area (Å²) in [6.07, 6.45) is 0. The standard InChI is InChI=1S/C5H10NS/c1-5(2)6(3)4-7/h5H,1-3H3. The molecule has 0 aliphatic heterocycles. The summed E-state index contributed by atoms with van der Waals surface area (Å²) in [5.74, 6) is 0. The Kier molecular flexibility index (Phi) is 2.92. The van der Waals surface area contributed by atoms with Gasteiger partial charge in [-0.05, 0) is 13.8 Å². The van der Waals surface area contributed by atoms with Crippen LogP contribution in [-0.4, -0.2) is 23.5 Å². The minimum absolute atomic E-state index is 0.484. The molecule has 0 atom stereocenters. The van der Waals surface area contributed by atoms with Crippen LogP contribution >= 0.6 is 12.2 Å². The van der Waals surface area contributed by atoms with Crippen LogP contribution in [0.3, 0.4) is 0 Å². The van der Waals surface area contributed by atoms with Crippen LogP contribution in [0.4, 0.5) is 0 Å². The molecule has 0 aromatic carbocycles. The Hall–Kier alpha value is -0.110. The van der Waals surface area contributed by atoms with Crippen LogP contribution in [0.25, 0.3) is 0 Å². The van der Waals surface area contributed by atoms with Crippen molar-refractivity contribution >= 4 is 17.7 Å². The van der Waals surface area contributed by atoms with Crippen molar-refractivity contribution in [2.24, 2.45) is 0 Å². The molecular weight excluding hydrogens is 106 g/mol. The van der Waals surface area contributed by atoms with Gasteiger partial charge in [-0.25, -0.2) is 0 Å². The second-order valence-electron chi connectivity index (χ2n) is 1.80. The lowest BCUT2D eigenvalue weighted by atomic mass is 10.4. The molecule has 0 N–H and O–H groups in total. The summed E-state index contributed by atoms with van der Waals surface area (Å²) < 4.78 is 0. The summed E-state index contributed by atoms with van der Waals surface area (Å²) in [7, 11) is 1.91. The smallest absolute Gasteiger partial charge is 0.136 e. The molecule has 0 fully saturated rings. The van der Waals surface area contributed by atoms with Gasteiger partial charge in [0.25, 0.3) is 0 Å².